The van der Waals surface area contributed by atoms with Crippen molar-refractivity contribution in [3.63, 3.8) is 0 Å². The van der Waals surface area contributed by atoms with E-state index in [0.717, 1.165) is 44.9 Å². The van der Waals surface area contributed by atoms with Crippen molar-refractivity contribution in [3.05, 3.63) is 0 Å². The molecule has 2 aliphatic rings. The molecule has 2 rings (SSSR count). The summed E-state index contributed by atoms with van der Waals surface area (Å²) in [6.07, 6.45) is 7.40. The Hall–Kier alpha value is -1.43. The second-order valence-corrected chi connectivity index (χ2v) is 6.92. The Bertz CT molecular complexity index is 456. The fourth-order valence-corrected chi connectivity index (χ4v) is 3.42. The zero-order valence-corrected chi connectivity index (χ0v) is 13.7. The molecule has 130 valence electrons. The van der Waals surface area contributed by atoms with Crippen LogP contribution >= 0.6 is 0 Å². The lowest BCUT2D eigenvalue weighted by molar-refractivity contribution is -0.154. The highest BCUT2D eigenvalue weighted by molar-refractivity contribution is 6.12. The summed E-state index contributed by atoms with van der Waals surface area (Å²) in [5, 5.41) is 12.4. The zero-order valence-electron chi connectivity index (χ0n) is 13.7. The number of hydrogen-bond acceptors (Lipinski definition) is 4. The van der Waals surface area contributed by atoms with Gasteiger partial charge in [0.05, 0.1) is 0 Å². The van der Waals surface area contributed by atoms with Crippen LogP contribution in [0, 0.1) is 11.8 Å². The predicted octanol–water partition coefficient (Wildman–Crippen LogP) is 1.61. The molecular formula is C17H28N2O4. The minimum Gasteiger partial charge on any atom is -0.479 e. The topological polar surface area (TPSA) is 109 Å². The van der Waals surface area contributed by atoms with Gasteiger partial charge in [-0.3, -0.25) is 9.59 Å². The van der Waals surface area contributed by atoms with E-state index in [9.17, 15) is 19.5 Å². The standard InChI is InChI=1S/C17H28N2O4/c18-11-5-4-10-17(16(22)23,14(20)12-8-9-12)19-15(21)13-6-2-1-3-7-13/h12-13H,1-11,18H2,(H,19,21)(H,22,23)/t17-/m1/s1. The summed E-state index contributed by atoms with van der Waals surface area (Å²) in [5.74, 6) is -2.20. The van der Waals surface area contributed by atoms with Crippen molar-refractivity contribution in [2.75, 3.05) is 6.54 Å². The van der Waals surface area contributed by atoms with Gasteiger partial charge in [0.1, 0.15) is 0 Å². The van der Waals surface area contributed by atoms with Crippen LogP contribution in [0.4, 0.5) is 0 Å². The van der Waals surface area contributed by atoms with Gasteiger partial charge in [0.25, 0.3) is 0 Å². The molecule has 0 aromatic rings. The van der Waals surface area contributed by atoms with Gasteiger partial charge in [0.2, 0.25) is 5.91 Å². The number of amides is 1. The van der Waals surface area contributed by atoms with E-state index in [-0.39, 0.29) is 29.9 Å². The maximum absolute atomic E-state index is 12.7. The lowest BCUT2D eigenvalue weighted by Crippen LogP contribution is -2.61. The van der Waals surface area contributed by atoms with Crippen molar-refractivity contribution < 1.29 is 19.5 Å². The number of unbranched alkanes of at least 4 members (excludes halogenated alkanes) is 1. The summed E-state index contributed by atoms with van der Waals surface area (Å²) in [4.78, 5) is 37.1. The van der Waals surface area contributed by atoms with Gasteiger partial charge in [-0.05, 0) is 51.5 Å². The monoisotopic (exact) mass is 324 g/mol. The SMILES string of the molecule is NCCCC[C@](NC(=O)C1CCCCC1)(C(=O)O)C(=O)C1CC1. The van der Waals surface area contributed by atoms with Crippen LogP contribution in [-0.2, 0) is 14.4 Å². The van der Waals surface area contributed by atoms with Crippen molar-refractivity contribution in [1.29, 1.82) is 0 Å². The Morgan fingerprint density at radius 3 is 2.17 bits per heavy atom. The van der Waals surface area contributed by atoms with Crippen molar-refractivity contribution in [1.82, 2.24) is 5.32 Å². The number of hydrogen-bond donors (Lipinski definition) is 3. The molecule has 0 spiro atoms. The molecule has 1 amide bonds. The third-order valence-electron chi connectivity index (χ3n) is 5.05. The number of carboxylic acid groups (broad SMARTS) is 1. The quantitative estimate of drug-likeness (QED) is 0.441. The number of rotatable bonds is 9. The van der Waals surface area contributed by atoms with Gasteiger partial charge >= 0.3 is 5.97 Å². The third kappa shape index (κ3) is 4.31. The summed E-state index contributed by atoms with van der Waals surface area (Å²) in [5.41, 5.74) is 3.72. The fourth-order valence-electron chi connectivity index (χ4n) is 3.42. The van der Waals surface area contributed by atoms with Gasteiger partial charge in [0.15, 0.2) is 11.3 Å². The molecular weight excluding hydrogens is 296 g/mol. The predicted molar refractivity (Wildman–Crippen MR) is 85.7 cm³/mol. The Labute approximate surface area is 137 Å². The molecule has 2 fully saturated rings. The van der Waals surface area contributed by atoms with E-state index in [1.165, 1.54) is 0 Å². The van der Waals surface area contributed by atoms with E-state index in [0.29, 0.717) is 19.4 Å². The minimum atomic E-state index is -1.76. The van der Waals surface area contributed by atoms with Crippen LogP contribution in [0.15, 0.2) is 0 Å². The van der Waals surface area contributed by atoms with E-state index in [2.05, 4.69) is 5.32 Å². The number of Topliss-reactive ketones (excluding diaryl/α,β-unsaturated/α-hetero) is 1. The molecule has 23 heavy (non-hydrogen) atoms. The number of carbonyl (C=O) groups excluding carboxylic acids is 2. The molecule has 0 aliphatic heterocycles. The first-order valence-corrected chi connectivity index (χ1v) is 8.81. The van der Waals surface area contributed by atoms with E-state index < -0.39 is 11.5 Å². The van der Waals surface area contributed by atoms with Crippen LogP contribution in [-0.4, -0.2) is 34.8 Å². The molecule has 0 heterocycles. The fraction of sp³-hybridized carbons (Fsp3) is 0.824. The second kappa shape index (κ2) is 7.90. The van der Waals surface area contributed by atoms with Crippen molar-refractivity contribution in [2.45, 2.75) is 69.7 Å². The molecule has 0 radical (unpaired) electrons. The van der Waals surface area contributed by atoms with Crippen molar-refractivity contribution >= 4 is 17.7 Å². The molecule has 2 saturated carbocycles. The number of carboxylic acids is 1. The highest BCUT2D eigenvalue weighted by Crippen LogP contribution is 2.36. The van der Waals surface area contributed by atoms with E-state index in [1.807, 2.05) is 0 Å². The van der Waals surface area contributed by atoms with E-state index in [1.54, 1.807) is 0 Å². The average molecular weight is 324 g/mol. The lowest BCUT2D eigenvalue weighted by atomic mass is 9.83. The highest BCUT2D eigenvalue weighted by Gasteiger charge is 2.52. The number of nitrogens with two attached hydrogens (primary N) is 1. The maximum atomic E-state index is 12.7. The lowest BCUT2D eigenvalue weighted by Gasteiger charge is -2.32. The van der Waals surface area contributed by atoms with Crippen LogP contribution in [0.25, 0.3) is 0 Å². The Balaban J connectivity index is 2.14. The molecule has 0 aromatic heterocycles. The third-order valence-corrected chi connectivity index (χ3v) is 5.05. The van der Waals surface area contributed by atoms with Gasteiger partial charge in [-0.1, -0.05) is 19.3 Å². The smallest absolute Gasteiger partial charge is 0.337 e. The highest BCUT2D eigenvalue weighted by atomic mass is 16.4. The first kappa shape index (κ1) is 17.9. The molecule has 2 aliphatic carbocycles. The van der Waals surface area contributed by atoms with Gasteiger partial charge in [0, 0.05) is 11.8 Å². The van der Waals surface area contributed by atoms with Crippen molar-refractivity contribution in [3.8, 4) is 0 Å². The second-order valence-electron chi connectivity index (χ2n) is 6.92. The molecule has 0 saturated heterocycles. The van der Waals surface area contributed by atoms with Crippen LogP contribution < -0.4 is 11.1 Å². The first-order valence-electron chi connectivity index (χ1n) is 8.81. The normalized spacial score (nSPS) is 21.4. The van der Waals surface area contributed by atoms with E-state index in [4.69, 9.17) is 5.73 Å². The Morgan fingerprint density at radius 2 is 1.65 bits per heavy atom. The van der Waals surface area contributed by atoms with Crippen LogP contribution in [0.2, 0.25) is 0 Å². The molecule has 4 N–H and O–H groups in total. The molecule has 6 heteroatoms. The summed E-state index contributed by atoms with van der Waals surface area (Å²) in [7, 11) is 0. The Kier molecular flexibility index (Phi) is 6.16. The number of nitrogens with one attached hydrogen (secondary N) is 1. The number of ketones is 1. The average Bonchev–Trinajstić information content (AvgIpc) is 3.38. The van der Waals surface area contributed by atoms with Gasteiger partial charge < -0.3 is 16.2 Å². The summed E-state index contributed by atoms with van der Waals surface area (Å²) < 4.78 is 0. The molecule has 6 nitrogen and oxygen atoms in total. The van der Waals surface area contributed by atoms with Gasteiger partial charge in [-0.25, -0.2) is 4.79 Å². The van der Waals surface area contributed by atoms with Crippen LogP contribution in [0.3, 0.4) is 0 Å². The summed E-state index contributed by atoms with van der Waals surface area (Å²) in [6.45, 7) is 0.448. The molecule has 0 aromatic carbocycles. The van der Waals surface area contributed by atoms with Crippen molar-refractivity contribution in [2.24, 2.45) is 17.6 Å². The van der Waals surface area contributed by atoms with Gasteiger partial charge in [-0.15, -0.1) is 0 Å². The molecule has 0 unspecified atom stereocenters. The van der Waals surface area contributed by atoms with E-state index >= 15 is 0 Å². The summed E-state index contributed by atoms with van der Waals surface area (Å²) in [6, 6.07) is 0. The van der Waals surface area contributed by atoms with Crippen LogP contribution in [0.1, 0.15) is 64.2 Å². The van der Waals surface area contributed by atoms with Gasteiger partial charge in [-0.2, -0.15) is 0 Å². The molecule has 1 atom stereocenters. The first-order chi connectivity index (χ1) is 11.0. The van der Waals surface area contributed by atoms with Crippen LogP contribution in [0.5, 0.6) is 0 Å². The Morgan fingerprint density at radius 1 is 1.00 bits per heavy atom. The number of carbonyl (C=O) groups is 3. The zero-order chi connectivity index (χ0) is 16.9. The number of aliphatic carboxylic acids is 1. The molecule has 0 bridgehead atoms. The minimum absolute atomic E-state index is 0.132. The largest absolute Gasteiger partial charge is 0.479 e. The maximum Gasteiger partial charge on any atom is 0.337 e. The summed E-state index contributed by atoms with van der Waals surface area (Å²) >= 11 is 0.